The van der Waals surface area contributed by atoms with E-state index in [2.05, 4.69) is 9.69 Å². The molecular weight excluding hydrogens is 518 g/mol. The number of nitrogens with two attached hydrogens (primary N) is 2. The Labute approximate surface area is 231 Å². The molecular formula is C28H33N5O5S. The summed E-state index contributed by atoms with van der Waals surface area (Å²) < 4.78 is 15.3. The molecule has 2 unspecified atom stereocenters. The van der Waals surface area contributed by atoms with Crippen molar-refractivity contribution in [3.05, 3.63) is 69.7 Å². The maximum atomic E-state index is 14.2. The maximum Gasteiger partial charge on any atom is 0.273 e. The number of hydrogen-bond donors (Lipinski definition) is 3. The molecule has 0 radical (unpaired) electrons. The standard InChI is InChI=1S/C28H33N5O5S/c1-4-37-20-9-7-18(8-10-20)24(27(35)31-15-21-6-5-11-38-21)33(19-13-16(2)12-17(3)14-19)28(36)25-22(29)23(26(30)34)32-39-25/h7-10,12-14,21,24H,4-6,11,15,29H2,1-3H3,(H2,30,34)(H,31,35). The predicted molar refractivity (Wildman–Crippen MR) is 150 cm³/mol. The van der Waals surface area contributed by atoms with Crippen LogP contribution in [-0.2, 0) is 9.53 Å². The summed E-state index contributed by atoms with van der Waals surface area (Å²) in [5.41, 5.74) is 14.1. The van der Waals surface area contributed by atoms with Gasteiger partial charge in [-0.2, -0.15) is 4.37 Å². The molecule has 39 heavy (non-hydrogen) atoms. The topological polar surface area (TPSA) is 150 Å². The summed E-state index contributed by atoms with van der Waals surface area (Å²) >= 11 is 0.772. The second kappa shape index (κ2) is 12.3. The van der Waals surface area contributed by atoms with E-state index in [0.717, 1.165) is 35.5 Å². The summed E-state index contributed by atoms with van der Waals surface area (Å²) in [6.45, 7) is 7.17. The van der Waals surface area contributed by atoms with Crippen LogP contribution in [0, 0.1) is 13.8 Å². The minimum atomic E-state index is -1.07. The smallest absolute Gasteiger partial charge is 0.273 e. The molecule has 11 heteroatoms. The Bertz CT molecular complexity index is 1330. The molecule has 2 atom stereocenters. The second-order valence-electron chi connectivity index (χ2n) is 9.44. The van der Waals surface area contributed by atoms with E-state index in [4.69, 9.17) is 20.9 Å². The number of aryl methyl sites for hydroxylation is 2. The van der Waals surface area contributed by atoms with Gasteiger partial charge in [-0.15, -0.1) is 0 Å². The lowest BCUT2D eigenvalue weighted by molar-refractivity contribution is -0.123. The molecule has 2 aromatic carbocycles. The van der Waals surface area contributed by atoms with Gasteiger partial charge < -0.3 is 26.3 Å². The number of hydrogen-bond acceptors (Lipinski definition) is 8. The van der Waals surface area contributed by atoms with Gasteiger partial charge in [-0.3, -0.25) is 19.3 Å². The number of carbonyl (C=O) groups excluding carboxylic acids is 3. The highest BCUT2D eigenvalue weighted by atomic mass is 32.1. The molecule has 2 heterocycles. The average Bonchev–Trinajstić information content (AvgIpc) is 3.55. The number of benzene rings is 2. The highest BCUT2D eigenvalue weighted by Gasteiger charge is 2.36. The van der Waals surface area contributed by atoms with E-state index in [1.807, 2.05) is 39.0 Å². The molecule has 10 nitrogen and oxygen atoms in total. The van der Waals surface area contributed by atoms with Crippen molar-refractivity contribution in [2.45, 2.75) is 45.8 Å². The first kappa shape index (κ1) is 28.1. The molecule has 206 valence electrons. The first-order valence-corrected chi connectivity index (χ1v) is 13.6. The summed E-state index contributed by atoms with van der Waals surface area (Å²) in [6, 6.07) is 11.6. The SMILES string of the molecule is CCOc1ccc(C(C(=O)NCC2CCCO2)N(C(=O)c2snc(C(N)=O)c2N)c2cc(C)cc(C)c2)cc1. The Balaban J connectivity index is 1.83. The number of aromatic nitrogens is 1. The van der Waals surface area contributed by atoms with E-state index < -0.39 is 17.9 Å². The Morgan fingerprint density at radius 1 is 1.18 bits per heavy atom. The number of ether oxygens (including phenoxy) is 2. The van der Waals surface area contributed by atoms with E-state index in [9.17, 15) is 14.4 Å². The van der Waals surface area contributed by atoms with E-state index in [-0.39, 0.29) is 28.3 Å². The highest BCUT2D eigenvalue weighted by Crippen LogP contribution is 2.34. The predicted octanol–water partition coefficient (Wildman–Crippen LogP) is 3.52. The third-order valence-corrected chi connectivity index (χ3v) is 7.25. The third-order valence-electron chi connectivity index (χ3n) is 6.40. The summed E-state index contributed by atoms with van der Waals surface area (Å²) in [7, 11) is 0. The lowest BCUT2D eigenvalue weighted by Crippen LogP contribution is -2.45. The van der Waals surface area contributed by atoms with Crippen molar-refractivity contribution < 1.29 is 23.9 Å². The van der Waals surface area contributed by atoms with Crippen molar-refractivity contribution >= 4 is 40.6 Å². The minimum Gasteiger partial charge on any atom is -0.494 e. The quantitative estimate of drug-likeness (QED) is 0.349. The minimum absolute atomic E-state index is 0.0193. The van der Waals surface area contributed by atoms with Gasteiger partial charge in [-0.25, -0.2) is 0 Å². The molecule has 0 bridgehead atoms. The molecule has 1 aliphatic rings. The van der Waals surface area contributed by atoms with Gasteiger partial charge in [0.15, 0.2) is 5.69 Å². The first-order valence-electron chi connectivity index (χ1n) is 12.8. The van der Waals surface area contributed by atoms with E-state index in [0.29, 0.717) is 36.8 Å². The van der Waals surface area contributed by atoms with Gasteiger partial charge in [0.05, 0.1) is 18.4 Å². The second-order valence-corrected chi connectivity index (χ2v) is 10.2. The van der Waals surface area contributed by atoms with Crippen molar-refractivity contribution in [2.24, 2.45) is 5.73 Å². The molecule has 1 fully saturated rings. The third kappa shape index (κ3) is 6.37. The fourth-order valence-electron chi connectivity index (χ4n) is 4.66. The number of anilines is 2. The van der Waals surface area contributed by atoms with Crippen LogP contribution in [0.1, 0.15) is 62.7 Å². The molecule has 1 aromatic heterocycles. The molecule has 0 spiro atoms. The number of rotatable bonds is 10. The number of primary amides is 1. The molecule has 1 aliphatic heterocycles. The largest absolute Gasteiger partial charge is 0.494 e. The number of nitrogen functional groups attached to an aromatic ring is 1. The molecule has 3 amide bonds. The maximum absolute atomic E-state index is 14.2. The van der Waals surface area contributed by atoms with Gasteiger partial charge in [0, 0.05) is 18.8 Å². The van der Waals surface area contributed by atoms with E-state index >= 15 is 0 Å². The van der Waals surface area contributed by atoms with Crippen molar-refractivity contribution in [2.75, 3.05) is 30.4 Å². The van der Waals surface area contributed by atoms with Crippen molar-refractivity contribution in [1.29, 1.82) is 0 Å². The molecule has 0 aliphatic carbocycles. The zero-order valence-electron chi connectivity index (χ0n) is 22.2. The van der Waals surface area contributed by atoms with Crippen LogP contribution in [0.4, 0.5) is 11.4 Å². The van der Waals surface area contributed by atoms with Crippen LogP contribution in [0.3, 0.4) is 0 Å². The highest BCUT2D eigenvalue weighted by molar-refractivity contribution is 7.09. The average molecular weight is 552 g/mol. The fourth-order valence-corrected chi connectivity index (χ4v) is 5.40. The normalized spacial score (nSPS) is 15.5. The molecule has 3 aromatic rings. The summed E-state index contributed by atoms with van der Waals surface area (Å²) in [4.78, 5) is 41.4. The molecule has 1 saturated heterocycles. The van der Waals surface area contributed by atoms with Gasteiger partial charge in [-0.1, -0.05) is 18.2 Å². The van der Waals surface area contributed by atoms with Gasteiger partial charge >= 0.3 is 0 Å². The number of carbonyl (C=O) groups is 3. The van der Waals surface area contributed by atoms with Crippen LogP contribution in [0.5, 0.6) is 5.75 Å². The number of amides is 3. The van der Waals surface area contributed by atoms with Gasteiger partial charge in [0.2, 0.25) is 5.91 Å². The zero-order valence-corrected chi connectivity index (χ0v) is 23.0. The lowest BCUT2D eigenvalue weighted by atomic mass is 10.0. The summed E-state index contributed by atoms with van der Waals surface area (Å²) in [5.74, 6) is -1.16. The Morgan fingerprint density at radius 2 is 1.87 bits per heavy atom. The van der Waals surface area contributed by atoms with E-state index in [1.54, 1.807) is 24.3 Å². The Morgan fingerprint density at radius 3 is 2.44 bits per heavy atom. The van der Waals surface area contributed by atoms with E-state index in [1.165, 1.54) is 4.90 Å². The van der Waals surface area contributed by atoms with Crippen LogP contribution in [0.25, 0.3) is 0 Å². The Hall–Kier alpha value is -3.96. The number of nitrogens with one attached hydrogen (secondary N) is 1. The van der Waals surface area contributed by atoms with Crippen LogP contribution >= 0.6 is 11.5 Å². The van der Waals surface area contributed by atoms with Crippen molar-refractivity contribution in [1.82, 2.24) is 9.69 Å². The van der Waals surface area contributed by atoms with Gasteiger partial charge in [0.25, 0.3) is 11.8 Å². The lowest BCUT2D eigenvalue weighted by Gasteiger charge is -2.32. The molecule has 0 saturated carbocycles. The molecule has 4 rings (SSSR count). The zero-order chi connectivity index (χ0) is 28.1. The molecule has 5 N–H and O–H groups in total. The number of nitrogens with zero attached hydrogens (tertiary/aromatic N) is 2. The fraction of sp³-hybridized carbons (Fsp3) is 0.357. The van der Waals surface area contributed by atoms with Crippen LogP contribution in [0.15, 0.2) is 42.5 Å². The van der Waals surface area contributed by atoms with Gasteiger partial charge in [-0.05, 0) is 86.1 Å². The van der Waals surface area contributed by atoms with Crippen LogP contribution in [-0.4, -0.2) is 48.0 Å². The van der Waals surface area contributed by atoms with Crippen LogP contribution in [0.2, 0.25) is 0 Å². The van der Waals surface area contributed by atoms with Crippen molar-refractivity contribution in [3.63, 3.8) is 0 Å². The first-order chi connectivity index (χ1) is 18.7. The Kier molecular flexibility index (Phi) is 8.82. The van der Waals surface area contributed by atoms with Crippen LogP contribution < -0.4 is 26.4 Å². The van der Waals surface area contributed by atoms with Crippen molar-refractivity contribution in [3.8, 4) is 5.75 Å². The monoisotopic (exact) mass is 551 g/mol. The van der Waals surface area contributed by atoms with Gasteiger partial charge in [0.1, 0.15) is 16.7 Å². The summed E-state index contributed by atoms with van der Waals surface area (Å²) in [5, 5.41) is 2.98. The summed E-state index contributed by atoms with van der Waals surface area (Å²) in [6.07, 6.45) is 1.69.